The van der Waals surface area contributed by atoms with Gasteiger partial charge in [0.1, 0.15) is 6.07 Å². The van der Waals surface area contributed by atoms with E-state index in [1.165, 1.54) is 24.6 Å². The number of allylic oxidation sites excluding steroid dienone is 1. The first-order chi connectivity index (χ1) is 17.3. The van der Waals surface area contributed by atoms with Crippen LogP contribution in [0.2, 0.25) is 0 Å². The van der Waals surface area contributed by atoms with Crippen molar-refractivity contribution < 1.29 is 9.63 Å². The minimum Gasteiger partial charge on any atom is -0.295 e. The number of hydrogen-bond donors (Lipinski definition) is 0. The molecule has 0 aliphatic carbocycles. The standard InChI is InChI=1S/C27H29N5O2S/c28-20-23(21-12-4-1-5-13-21)25-22-14-6-7-15-24(22)35-26(25)29-34-27(33)32(30-16-8-2-9-17-30)31-18-10-3-11-19-31/h1,4-7,12-15H,2-3,8-11,16-19H2/b25-23+,29-26+. The molecule has 2 fully saturated rings. The van der Waals surface area contributed by atoms with E-state index < -0.39 is 6.09 Å². The Bertz CT molecular complexity index is 1140. The van der Waals surface area contributed by atoms with Gasteiger partial charge in [-0.1, -0.05) is 78.3 Å². The number of thioether (sulfide) groups is 1. The molecule has 8 heteroatoms. The Balaban J connectivity index is 1.47. The van der Waals surface area contributed by atoms with Crippen LogP contribution in [0.4, 0.5) is 4.79 Å². The summed E-state index contributed by atoms with van der Waals surface area (Å²) in [7, 11) is 0. The van der Waals surface area contributed by atoms with Crippen molar-refractivity contribution >= 4 is 34.0 Å². The molecule has 3 aliphatic rings. The van der Waals surface area contributed by atoms with Crippen LogP contribution < -0.4 is 0 Å². The van der Waals surface area contributed by atoms with E-state index in [1.54, 1.807) is 5.12 Å². The van der Waals surface area contributed by atoms with Gasteiger partial charge in [-0.25, -0.2) is 14.8 Å². The maximum absolute atomic E-state index is 13.4. The first-order valence-electron chi connectivity index (χ1n) is 12.3. The Hall–Kier alpha value is -3.12. The highest BCUT2D eigenvalue weighted by molar-refractivity contribution is 8.15. The van der Waals surface area contributed by atoms with Crippen LogP contribution in [0.25, 0.3) is 11.1 Å². The third-order valence-corrected chi connectivity index (χ3v) is 7.62. The molecule has 0 atom stereocenters. The number of nitriles is 1. The monoisotopic (exact) mass is 487 g/mol. The van der Waals surface area contributed by atoms with Gasteiger partial charge >= 0.3 is 6.09 Å². The fraction of sp³-hybridized carbons (Fsp3) is 0.370. The van der Waals surface area contributed by atoms with E-state index in [1.807, 2.05) is 54.6 Å². The minimum absolute atomic E-state index is 0.490. The lowest BCUT2D eigenvalue weighted by Crippen LogP contribution is -2.58. The van der Waals surface area contributed by atoms with Crippen LogP contribution in [0.15, 0.2) is 64.6 Å². The summed E-state index contributed by atoms with van der Waals surface area (Å²) in [6, 6.07) is 19.8. The number of benzene rings is 2. The van der Waals surface area contributed by atoms with Crippen molar-refractivity contribution in [2.45, 2.75) is 43.4 Å². The summed E-state index contributed by atoms with van der Waals surface area (Å²) in [5, 5.41) is 20.8. The van der Waals surface area contributed by atoms with Crippen LogP contribution >= 0.6 is 11.8 Å². The van der Waals surface area contributed by atoms with Crippen LogP contribution in [0.3, 0.4) is 0 Å². The number of hydrogen-bond acceptors (Lipinski definition) is 7. The van der Waals surface area contributed by atoms with Crippen LogP contribution in [0.1, 0.15) is 49.7 Å². The second-order valence-electron chi connectivity index (χ2n) is 8.90. The van der Waals surface area contributed by atoms with Crippen molar-refractivity contribution in [1.82, 2.24) is 15.1 Å². The summed E-state index contributed by atoms with van der Waals surface area (Å²) in [5.74, 6) is 0. The number of hydrazine groups is 2. The van der Waals surface area contributed by atoms with Crippen LogP contribution in [0, 0.1) is 11.3 Å². The second kappa shape index (κ2) is 11.1. The smallest absolute Gasteiger partial charge is 0.295 e. The van der Waals surface area contributed by atoms with E-state index in [0.717, 1.165) is 67.9 Å². The number of rotatable bonds is 4. The van der Waals surface area contributed by atoms with Crippen molar-refractivity contribution in [2.24, 2.45) is 5.16 Å². The molecular weight excluding hydrogens is 458 g/mol. The summed E-state index contributed by atoms with van der Waals surface area (Å²) in [6.45, 7) is 3.33. The topological polar surface area (TPSA) is 72.2 Å². The molecule has 2 aromatic rings. The molecule has 3 heterocycles. The Morgan fingerprint density at radius 3 is 2.11 bits per heavy atom. The highest BCUT2D eigenvalue weighted by Crippen LogP contribution is 2.44. The lowest BCUT2D eigenvalue weighted by atomic mass is 9.96. The lowest BCUT2D eigenvalue weighted by Gasteiger charge is -2.43. The summed E-state index contributed by atoms with van der Waals surface area (Å²) < 4.78 is 0. The van der Waals surface area contributed by atoms with Crippen LogP contribution in [-0.4, -0.2) is 52.5 Å². The average Bonchev–Trinajstić information content (AvgIpc) is 3.28. The molecule has 2 saturated heterocycles. The molecule has 0 radical (unpaired) electrons. The maximum Gasteiger partial charge on any atom is 0.466 e. The summed E-state index contributed by atoms with van der Waals surface area (Å²) in [5.41, 5.74) is 2.96. The van der Waals surface area contributed by atoms with Crippen molar-refractivity contribution in [2.75, 3.05) is 26.2 Å². The van der Waals surface area contributed by atoms with Gasteiger partial charge < -0.3 is 0 Å². The fourth-order valence-corrected chi connectivity index (χ4v) is 5.89. The van der Waals surface area contributed by atoms with E-state index in [2.05, 4.69) is 21.2 Å². The predicted molar refractivity (Wildman–Crippen MR) is 138 cm³/mol. The molecule has 0 saturated carbocycles. The Morgan fingerprint density at radius 1 is 0.886 bits per heavy atom. The number of amides is 1. The summed E-state index contributed by atoms with van der Waals surface area (Å²) >= 11 is 1.43. The van der Waals surface area contributed by atoms with Gasteiger partial charge in [-0.05, 0) is 42.9 Å². The summed E-state index contributed by atoms with van der Waals surface area (Å²) in [6.07, 6.45) is 6.12. The first kappa shape index (κ1) is 23.6. The number of oxime groups is 1. The number of nitrogens with zero attached hydrogens (tertiary/aromatic N) is 5. The van der Waals surface area contributed by atoms with Crippen molar-refractivity contribution in [3.63, 3.8) is 0 Å². The van der Waals surface area contributed by atoms with E-state index >= 15 is 0 Å². The molecule has 0 spiro atoms. The zero-order valence-electron chi connectivity index (χ0n) is 19.7. The van der Waals surface area contributed by atoms with Gasteiger partial charge in [0.15, 0.2) is 5.04 Å². The van der Waals surface area contributed by atoms with Gasteiger partial charge in [0.25, 0.3) is 0 Å². The van der Waals surface area contributed by atoms with E-state index in [9.17, 15) is 10.1 Å². The van der Waals surface area contributed by atoms with E-state index in [-0.39, 0.29) is 0 Å². The number of piperidine rings is 2. The van der Waals surface area contributed by atoms with E-state index in [4.69, 9.17) is 4.84 Å². The lowest BCUT2D eigenvalue weighted by molar-refractivity contribution is -0.172. The van der Waals surface area contributed by atoms with Gasteiger partial charge in [-0.2, -0.15) is 10.4 Å². The molecular formula is C27H29N5O2S. The number of fused-ring (bicyclic) bond motifs is 1. The SMILES string of the molecule is N#C/C(=C1\C(=N/OC(=O)N(N2CCCCC2)N2CCCCC2)Sc2ccccc21)c1ccccc1. The Kier molecular flexibility index (Phi) is 7.48. The molecule has 35 heavy (non-hydrogen) atoms. The number of carbonyl (C=O) groups is 1. The molecule has 180 valence electrons. The molecule has 2 aromatic carbocycles. The molecule has 0 aromatic heterocycles. The molecule has 1 amide bonds. The molecule has 3 aliphatic heterocycles. The molecule has 0 bridgehead atoms. The van der Waals surface area contributed by atoms with Crippen molar-refractivity contribution in [3.05, 3.63) is 65.7 Å². The highest BCUT2D eigenvalue weighted by Gasteiger charge is 2.33. The molecule has 0 N–H and O–H groups in total. The fourth-order valence-electron chi connectivity index (χ4n) is 4.87. The average molecular weight is 488 g/mol. The Morgan fingerprint density at radius 2 is 1.49 bits per heavy atom. The van der Waals surface area contributed by atoms with Gasteiger partial charge in [-0.15, -0.1) is 0 Å². The zero-order chi connectivity index (χ0) is 24.0. The van der Waals surface area contributed by atoms with Gasteiger partial charge in [-0.3, -0.25) is 4.84 Å². The second-order valence-corrected chi connectivity index (χ2v) is 9.93. The van der Waals surface area contributed by atoms with E-state index in [0.29, 0.717) is 16.2 Å². The first-order valence-corrected chi connectivity index (χ1v) is 13.1. The molecule has 7 nitrogen and oxygen atoms in total. The predicted octanol–water partition coefficient (Wildman–Crippen LogP) is 5.78. The molecule has 5 rings (SSSR count). The van der Waals surface area contributed by atoms with Gasteiger partial charge in [0, 0.05) is 36.6 Å². The van der Waals surface area contributed by atoms with Gasteiger partial charge in [0.05, 0.1) is 5.57 Å². The normalized spacial score (nSPS) is 21.3. The van der Waals surface area contributed by atoms with Crippen LogP contribution in [-0.2, 0) is 4.84 Å². The third kappa shape index (κ3) is 5.13. The van der Waals surface area contributed by atoms with Gasteiger partial charge in [0.2, 0.25) is 0 Å². The highest BCUT2D eigenvalue weighted by atomic mass is 32.2. The van der Waals surface area contributed by atoms with Crippen molar-refractivity contribution in [3.8, 4) is 6.07 Å². The zero-order valence-corrected chi connectivity index (χ0v) is 20.5. The van der Waals surface area contributed by atoms with Crippen molar-refractivity contribution in [1.29, 1.82) is 5.26 Å². The minimum atomic E-state index is -0.490. The maximum atomic E-state index is 13.4. The largest absolute Gasteiger partial charge is 0.466 e. The number of carbonyl (C=O) groups excluding carboxylic acids is 1. The summed E-state index contributed by atoms with van der Waals surface area (Å²) in [4.78, 5) is 20.0. The Labute approximate surface area is 210 Å². The van der Waals surface area contributed by atoms with Crippen LogP contribution in [0.5, 0.6) is 0 Å². The quantitative estimate of drug-likeness (QED) is 0.309. The third-order valence-electron chi connectivity index (χ3n) is 6.57. The molecule has 0 unspecified atom stereocenters.